The molecule has 1 rings (SSSR count). The van der Waals surface area contributed by atoms with Crippen molar-refractivity contribution >= 4 is 11.3 Å². The van der Waals surface area contributed by atoms with Gasteiger partial charge in [-0.15, -0.1) is 11.3 Å². The van der Waals surface area contributed by atoms with Gasteiger partial charge in [0.25, 0.3) is 0 Å². The zero-order chi connectivity index (χ0) is 12.1. The quantitative estimate of drug-likeness (QED) is 0.750. The predicted octanol–water partition coefficient (Wildman–Crippen LogP) is 3.03. The number of aliphatic hydroxyl groups is 1. The molecule has 1 atom stereocenters. The van der Waals surface area contributed by atoms with Gasteiger partial charge >= 0.3 is 0 Å². The first-order chi connectivity index (χ1) is 7.56. The van der Waals surface area contributed by atoms with Crippen LogP contribution < -0.4 is 5.32 Å². The summed E-state index contributed by atoms with van der Waals surface area (Å²) in [5.74, 6) is 0.575. The highest BCUT2D eigenvalue weighted by Crippen LogP contribution is 2.30. The van der Waals surface area contributed by atoms with Gasteiger partial charge in [0.15, 0.2) is 0 Å². The molecule has 3 heteroatoms. The largest absolute Gasteiger partial charge is 0.396 e. The van der Waals surface area contributed by atoms with E-state index in [1.165, 1.54) is 15.3 Å². The maximum atomic E-state index is 8.81. The van der Waals surface area contributed by atoms with Gasteiger partial charge in [-0.1, -0.05) is 13.8 Å². The lowest BCUT2D eigenvalue weighted by Gasteiger charge is -2.22. The van der Waals surface area contributed by atoms with Crippen molar-refractivity contribution in [1.29, 1.82) is 0 Å². The molecule has 16 heavy (non-hydrogen) atoms. The van der Waals surface area contributed by atoms with Crippen LogP contribution in [0.5, 0.6) is 0 Å². The van der Waals surface area contributed by atoms with Gasteiger partial charge in [-0.25, -0.2) is 0 Å². The molecule has 1 aromatic heterocycles. The average Bonchev–Trinajstić information content (AvgIpc) is 2.52. The minimum Gasteiger partial charge on any atom is -0.396 e. The molecule has 0 aliphatic heterocycles. The SMILES string of the molecule is Cc1cc(C(NCCCO)C(C)C)c(C)s1. The van der Waals surface area contributed by atoms with Gasteiger partial charge in [-0.05, 0) is 44.4 Å². The summed E-state index contributed by atoms with van der Waals surface area (Å²) < 4.78 is 0. The summed E-state index contributed by atoms with van der Waals surface area (Å²) in [5, 5.41) is 12.3. The van der Waals surface area contributed by atoms with E-state index in [1.54, 1.807) is 0 Å². The second-order valence-corrected chi connectivity index (χ2v) is 6.08. The molecule has 2 N–H and O–H groups in total. The fourth-order valence-electron chi connectivity index (χ4n) is 2.00. The Balaban J connectivity index is 2.73. The zero-order valence-electron chi connectivity index (χ0n) is 10.7. The summed E-state index contributed by atoms with van der Waals surface area (Å²) in [6, 6.07) is 2.70. The predicted molar refractivity (Wildman–Crippen MR) is 71.1 cm³/mol. The monoisotopic (exact) mass is 241 g/mol. The highest BCUT2D eigenvalue weighted by atomic mass is 32.1. The lowest BCUT2D eigenvalue weighted by molar-refractivity contribution is 0.279. The Labute approximate surface area is 103 Å². The fourth-order valence-corrected chi connectivity index (χ4v) is 2.97. The average molecular weight is 241 g/mol. The molecule has 0 fully saturated rings. The summed E-state index contributed by atoms with van der Waals surface area (Å²) in [6.45, 7) is 9.97. The van der Waals surface area contributed by atoms with E-state index in [9.17, 15) is 0 Å². The molecule has 1 heterocycles. The van der Waals surface area contributed by atoms with Crippen molar-refractivity contribution in [1.82, 2.24) is 5.32 Å². The number of aliphatic hydroxyl groups excluding tert-OH is 1. The van der Waals surface area contributed by atoms with Crippen molar-refractivity contribution in [2.45, 2.75) is 40.2 Å². The highest BCUT2D eigenvalue weighted by molar-refractivity contribution is 7.12. The second kappa shape index (κ2) is 6.38. The van der Waals surface area contributed by atoms with Crippen LogP contribution >= 0.6 is 11.3 Å². The van der Waals surface area contributed by atoms with E-state index in [4.69, 9.17) is 5.11 Å². The molecule has 0 amide bonds. The Morgan fingerprint density at radius 3 is 2.50 bits per heavy atom. The van der Waals surface area contributed by atoms with Gasteiger partial charge in [0.05, 0.1) is 0 Å². The number of aryl methyl sites for hydroxylation is 2. The molecule has 2 nitrogen and oxygen atoms in total. The van der Waals surface area contributed by atoms with Gasteiger partial charge in [-0.2, -0.15) is 0 Å². The van der Waals surface area contributed by atoms with E-state index < -0.39 is 0 Å². The van der Waals surface area contributed by atoms with Crippen LogP contribution in [0.2, 0.25) is 0 Å². The van der Waals surface area contributed by atoms with Gasteiger partial charge < -0.3 is 10.4 Å². The number of thiophene rings is 1. The van der Waals surface area contributed by atoms with Crippen LogP contribution in [0, 0.1) is 19.8 Å². The number of hydrogen-bond acceptors (Lipinski definition) is 3. The van der Waals surface area contributed by atoms with Crippen LogP contribution in [-0.2, 0) is 0 Å². The molecule has 1 aromatic rings. The number of nitrogens with one attached hydrogen (secondary N) is 1. The van der Waals surface area contributed by atoms with Crippen LogP contribution in [0.4, 0.5) is 0 Å². The molecule has 1 unspecified atom stereocenters. The lowest BCUT2D eigenvalue weighted by atomic mass is 9.96. The smallest absolute Gasteiger partial charge is 0.0443 e. The van der Waals surface area contributed by atoms with Crippen molar-refractivity contribution in [3.8, 4) is 0 Å². The van der Waals surface area contributed by atoms with Gasteiger partial charge in [0.2, 0.25) is 0 Å². The van der Waals surface area contributed by atoms with Crippen molar-refractivity contribution < 1.29 is 5.11 Å². The van der Waals surface area contributed by atoms with Crippen LogP contribution in [0.1, 0.15) is 41.6 Å². The highest BCUT2D eigenvalue weighted by Gasteiger charge is 2.18. The van der Waals surface area contributed by atoms with Crippen molar-refractivity contribution in [2.75, 3.05) is 13.2 Å². The van der Waals surface area contributed by atoms with E-state index in [1.807, 2.05) is 11.3 Å². The van der Waals surface area contributed by atoms with Crippen LogP contribution in [0.15, 0.2) is 6.07 Å². The number of rotatable bonds is 6. The Morgan fingerprint density at radius 2 is 2.06 bits per heavy atom. The van der Waals surface area contributed by atoms with E-state index in [0.717, 1.165) is 13.0 Å². The molecule has 0 radical (unpaired) electrons. The lowest BCUT2D eigenvalue weighted by Crippen LogP contribution is -2.27. The summed E-state index contributed by atoms with van der Waals surface area (Å²) in [6.07, 6.45) is 0.825. The maximum Gasteiger partial charge on any atom is 0.0443 e. The standard InChI is InChI=1S/C13H23NOS/c1-9(2)13(14-6-5-7-15)12-8-10(3)16-11(12)4/h8-9,13-15H,5-7H2,1-4H3. The first-order valence-corrected chi connectivity index (χ1v) is 6.79. The topological polar surface area (TPSA) is 32.3 Å². The first kappa shape index (κ1) is 13.7. The summed E-state index contributed by atoms with van der Waals surface area (Å²) in [4.78, 5) is 2.79. The van der Waals surface area contributed by atoms with Crippen LogP contribution in [0.25, 0.3) is 0 Å². The molecule has 0 aromatic carbocycles. The van der Waals surface area contributed by atoms with Gasteiger partial charge in [0, 0.05) is 22.4 Å². The molecule has 0 aliphatic carbocycles. The summed E-state index contributed by atoms with van der Waals surface area (Å²) >= 11 is 1.86. The van der Waals surface area contributed by atoms with E-state index >= 15 is 0 Å². The van der Waals surface area contributed by atoms with Crippen LogP contribution in [-0.4, -0.2) is 18.3 Å². The van der Waals surface area contributed by atoms with E-state index in [2.05, 4.69) is 39.1 Å². The third-order valence-electron chi connectivity index (χ3n) is 2.78. The Kier molecular flexibility index (Phi) is 5.46. The van der Waals surface area contributed by atoms with Crippen LogP contribution in [0.3, 0.4) is 0 Å². The van der Waals surface area contributed by atoms with Crippen molar-refractivity contribution in [3.63, 3.8) is 0 Å². The molecular weight excluding hydrogens is 218 g/mol. The molecule has 0 aliphatic rings. The van der Waals surface area contributed by atoms with Crippen molar-refractivity contribution in [2.24, 2.45) is 5.92 Å². The second-order valence-electron chi connectivity index (χ2n) is 4.62. The van der Waals surface area contributed by atoms with Crippen molar-refractivity contribution in [3.05, 3.63) is 21.4 Å². The normalized spacial score (nSPS) is 13.4. The first-order valence-electron chi connectivity index (χ1n) is 5.97. The Bertz CT molecular complexity index is 320. The molecule has 0 saturated carbocycles. The van der Waals surface area contributed by atoms with Gasteiger partial charge in [-0.3, -0.25) is 0 Å². The molecule has 92 valence electrons. The number of hydrogen-bond donors (Lipinski definition) is 2. The third-order valence-corrected chi connectivity index (χ3v) is 3.76. The minimum atomic E-state index is 0.263. The molecule has 0 saturated heterocycles. The van der Waals surface area contributed by atoms with Gasteiger partial charge in [0.1, 0.15) is 0 Å². The third kappa shape index (κ3) is 3.58. The Morgan fingerprint density at radius 1 is 1.38 bits per heavy atom. The molecule has 0 spiro atoms. The van der Waals surface area contributed by atoms with E-state index in [-0.39, 0.29) is 6.61 Å². The molecule has 0 bridgehead atoms. The summed E-state index contributed by atoms with van der Waals surface area (Å²) in [7, 11) is 0. The zero-order valence-corrected chi connectivity index (χ0v) is 11.5. The summed E-state index contributed by atoms with van der Waals surface area (Å²) in [5.41, 5.74) is 1.43. The molecular formula is C13H23NOS. The fraction of sp³-hybridized carbons (Fsp3) is 0.692. The minimum absolute atomic E-state index is 0.263. The Hall–Kier alpha value is -0.380. The van der Waals surface area contributed by atoms with E-state index in [0.29, 0.717) is 12.0 Å². The maximum absolute atomic E-state index is 8.81.